The number of carbonyl (C=O) groups is 2. The van der Waals surface area contributed by atoms with E-state index < -0.39 is 51.8 Å². The second-order valence-electron chi connectivity index (χ2n) is 8.74. The molecule has 6 nitrogen and oxygen atoms in total. The van der Waals surface area contributed by atoms with Crippen LogP contribution in [0.2, 0.25) is 0 Å². The normalized spacial score (nSPS) is 26.8. The smallest absolute Gasteiger partial charge is 0.274 e. The number of alkyl halides is 3. The van der Waals surface area contributed by atoms with E-state index in [4.69, 9.17) is 0 Å². The van der Waals surface area contributed by atoms with Crippen molar-refractivity contribution >= 4 is 17.5 Å². The fraction of sp³-hybridized carbons (Fsp3) is 0.200. The van der Waals surface area contributed by atoms with Gasteiger partial charge >= 0.3 is 6.18 Å². The Labute approximate surface area is 190 Å². The van der Waals surface area contributed by atoms with Crippen LogP contribution < -0.4 is 4.90 Å². The number of nitro groups is 1. The summed E-state index contributed by atoms with van der Waals surface area (Å²) in [6, 6.07) is 17.3. The molecule has 9 heteroatoms. The summed E-state index contributed by atoms with van der Waals surface area (Å²) in [7, 11) is 0. The summed E-state index contributed by atoms with van der Waals surface area (Å²) in [5.74, 6) is -4.68. The first-order valence-corrected chi connectivity index (χ1v) is 10.6. The molecule has 0 N–H and O–H groups in total. The van der Waals surface area contributed by atoms with Gasteiger partial charge in [-0.2, -0.15) is 13.2 Å². The molecule has 0 unspecified atom stereocenters. The van der Waals surface area contributed by atoms with Crippen molar-refractivity contribution in [3.8, 4) is 0 Å². The average Bonchev–Trinajstić information content (AvgIpc) is 3.09. The Hall–Kier alpha value is -4.01. The standard InChI is InChI=1S/C25H15F3N2O4/c26-25(27,28)13-6-5-7-14(12-13)29-22(31)20-19-15-8-1-3-10-17(15)24(30(33)34,21(20)23(29)32)18-11-4-2-9-16(18)19/h1-12,19-21H/t19?,20-,21+,24?/m1/s1. The van der Waals surface area contributed by atoms with Gasteiger partial charge in [-0.3, -0.25) is 19.7 Å². The van der Waals surface area contributed by atoms with Gasteiger partial charge in [0.05, 0.1) is 17.2 Å². The molecule has 2 atom stereocenters. The van der Waals surface area contributed by atoms with Crippen molar-refractivity contribution in [1.29, 1.82) is 0 Å². The molecule has 3 aromatic carbocycles. The van der Waals surface area contributed by atoms with Crippen LogP contribution in [0.25, 0.3) is 0 Å². The van der Waals surface area contributed by atoms with E-state index in [0.717, 1.165) is 18.2 Å². The fourth-order valence-corrected chi connectivity index (χ4v) is 6.12. The van der Waals surface area contributed by atoms with Gasteiger partial charge in [0, 0.05) is 22.0 Å². The highest BCUT2D eigenvalue weighted by Gasteiger charge is 2.74. The van der Waals surface area contributed by atoms with Crippen molar-refractivity contribution in [3.63, 3.8) is 0 Å². The van der Waals surface area contributed by atoms with Crippen LogP contribution in [0.1, 0.15) is 33.7 Å². The molecule has 7 rings (SSSR count). The minimum absolute atomic E-state index is 0.245. The number of imide groups is 1. The first-order chi connectivity index (χ1) is 16.2. The third kappa shape index (κ3) is 2.31. The first-order valence-electron chi connectivity index (χ1n) is 10.6. The molecule has 0 spiro atoms. The molecule has 0 aromatic heterocycles. The van der Waals surface area contributed by atoms with E-state index in [1.807, 2.05) is 0 Å². The predicted molar refractivity (Wildman–Crippen MR) is 113 cm³/mol. The number of amides is 2. The Morgan fingerprint density at radius 3 is 2.00 bits per heavy atom. The third-order valence-corrected chi connectivity index (χ3v) is 7.29. The van der Waals surface area contributed by atoms with Crippen molar-refractivity contribution in [1.82, 2.24) is 0 Å². The number of benzene rings is 3. The van der Waals surface area contributed by atoms with Crippen LogP contribution in [0, 0.1) is 22.0 Å². The lowest BCUT2D eigenvalue weighted by atomic mass is 9.51. The Balaban J connectivity index is 1.62. The lowest BCUT2D eigenvalue weighted by molar-refractivity contribution is -0.578. The third-order valence-electron chi connectivity index (χ3n) is 7.29. The van der Waals surface area contributed by atoms with Crippen LogP contribution >= 0.6 is 0 Å². The molecule has 3 aromatic rings. The molecule has 4 aliphatic rings. The second-order valence-corrected chi connectivity index (χ2v) is 8.74. The SMILES string of the molecule is O=C1[C@@H]2C3c4ccccc4C([N+](=O)[O-])(c4ccccc43)[C@@H]2C(=O)N1c1cccc(C(F)(F)F)c1. The maximum absolute atomic E-state index is 13.8. The van der Waals surface area contributed by atoms with Crippen LogP contribution in [0.3, 0.4) is 0 Å². The first kappa shape index (κ1) is 20.6. The fourth-order valence-electron chi connectivity index (χ4n) is 6.12. The molecule has 1 saturated heterocycles. The average molecular weight is 464 g/mol. The zero-order chi connectivity index (χ0) is 24.0. The number of carbonyl (C=O) groups excluding carboxylic acids is 2. The molecule has 0 saturated carbocycles. The summed E-state index contributed by atoms with van der Waals surface area (Å²) in [4.78, 5) is 40.5. The molecular formula is C25H15F3N2O4. The zero-order valence-corrected chi connectivity index (χ0v) is 17.3. The number of hydrogen-bond donors (Lipinski definition) is 0. The van der Waals surface area contributed by atoms with Crippen molar-refractivity contribution in [2.75, 3.05) is 4.90 Å². The molecule has 0 radical (unpaired) electrons. The van der Waals surface area contributed by atoms with Gasteiger partial charge in [0.2, 0.25) is 11.8 Å². The summed E-state index contributed by atoms with van der Waals surface area (Å²) in [5, 5.41) is 12.9. The second kappa shape index (κ2) is 6.53. The molecule has 2 bridgehead atoms. The van der Waals surface area contributed by atoms with Crippen molar-refractivity contribution in [3.05, 3.63) is 111 Å². The van der Waals surface area contributed by atoms with E-state index in [1.54, 1.807) is 48.5 Å². The van der Waals surface area contributed by atoms with Crippen LogP contribution in [0.15, 0.2) is 72.8 Å². The van der Waals surface area contributed by atoms with Crippen LogP contribution in [-0.4, -0.2) is 16.7 Å². The molecule has 34 heavy (non-hydrogen) atoms. The highest BCUT2D eigenvalue weighted by molar-refractivity contribution is 6.23. The van der Waals surface area contributed by atoms with Crippen LogP contribution in [-0.2, 0) is 21.3 Å². The van der Waals surface area contributed by atoms with Gasteiger partial charge in [0.1, 0.15) is 5.92 Å². The largest absolute Gasteiger partial charge is 0.416 e. The van der Waals surface area contributed by atoms with Gasteiger partial charge in [-0.25, -0.2) is 4.90 Å². The molecule has 2 amide bonds. The summed E-state index contributed by atoms with van der Waals surface area (Å²) >= 11 is 0. The maximum atomic E-state index is 13.8. The van der Waals surface area contributed by atoms with E-state index in [0.29, 0.717) is 27.2 Å². The van der Waals surface area contributed by atoms with Crippen LogP contribution in [0.5, 0.6) is 0 Å². The summed E-state index contributed by atoms with van der Waals surface area (Å²) in [5.41, 5.74) is -1.41. The molecule has 1 heterocycles. The van der Waals surface area contributed by atoms with Crippen molar-refractivity contribution in [2.45, 2.75) is 17.6 Å². The Bertz CT molecular complexity index is 1370. The molecule has 3 aliphatic carbocycles. The minimum Gasteiger partial charge on any atom is -0.274 e. The number of hydrogen-bond acceptors (Lipinski definition) is 4. The van der Waals surface area contributed by atoms with Gasteiger partial charge in [-0.05, 0) is 29.3 Å². The molecule has 1 aliphatic heterocycles. The van der Waals surface area contributed by atoms with Gasteiger partial charge < -0.3 is 0 Å². The van der Waals surface area contributed by atoms with E-state index in [9.17, 15) is 32.9 Å². The molecule has 170 valence electrons. The van der Waals surface area contributed by atoms with E-state index in [-0.39, 0.29) is 5.69 Å². The summed E-state index contributed by atoms with van der Waals surface area (Å²) in [6.45, 7) is 0. The number of anilines is 1. The highest BCUT2D eigenvalue weighted by Crippen LogP contribution is 2.64. The summed E-state index contributed by atoms with van der Waals surface area (Å²) < 4.78 is 40.0. The number of rotatable bonds is 2. The Kier molecular flexibility index (Phi) is 3.95. The molecule has 1 fully saturated rings. The topological polar surface area (TPSA) is 80.5 Å². The van der Waals surface area contributed by atoms with E-state index >= 15 is 0 Å². The van der Waals surface area contributed by atoms with Gasteiger partial charge in [0.15, 0.2) is 0 Å². The molecular weight excluding hydrogens is 449 g/mol. The van der Waals surface area contributed by atoms with Gasteiger partial charge in [-0.15, -0.1) is 0 Å². The minimum atomic E-state index is -4.68. The lowest BCUT2D eigenvalue weighted by Gasteiger charge is -2.48. The summed E-state index contributed by atoms with van der Waals surface area (Å²) in [6.07, 6.45) is -4.68. The predicted octanol–water partition coefficient (Wildman–Crippen LogP) is 4.49. The maximum Gasteiger partial charge on any atom is 0.416 e. The monoisotopic (exact) mass is 464 g/mol. The van der Waals surface area contributed by atoms with Crippen LogP contribution in [0.4, 0.5) is 18.9 Å². The Morgan fingerprint density at radius 1 is 0.853 bits per heavy atom. The zero-order valence-electron chi connectivity index (χ0n) is 17.3. The Morgan fingerprint density at radius 2 is 1.44 bits per heavy atom. The van der Waals surface area contributed by atoms with E-state index in [1.165, 1.54) is 6.07 Å². The van der Waals surface area contributed by atoms with Crippen molar-refractivity contribution in [2.24, 2.45) is 11.8 Å². The van der Waals surface area contributed by atoms with Gasteiger partial charge in [0.25, 0.3) is 5.54 Å². The quantitative estimate of drug-likeness (QED) is 0.318. The number of nitrogens with zero attached hydrogens (tertiary/aromatic N) is 2. The van der Waals surface area contributed by atoms with Crippen molar-refractivity contribution < 1.29 is 27.7 Å². The number of halogens is 3. The highest BCUT2D eigenvalue weighted by atomic mass is 19.4. The lowest BCUT2D eigenvalue weighted by Crippen LogP contribution is -2.57. The van der Waals surface area contributed by atoms with E-state index in [2.05, 4.69) is 0 Å². The van der Waals surface area contributed by atoms with Gasteiger partial charge in [-0.1, -0.05) is 54.6 Å².